The summed E-state index contributed by atoms with van der Waals surface area (Å²) in [4.78, 5) is 4.49. The first-order chi connectivity index (χ1) is 15.1. The van der Waals surface area contributed by atoms with E-state index in [4.69, 9.17) is 5.79 Å². The molecule has 0 radical (unpaired) electrons. The van der Waals surface area contributed by atoms with E-state index in [1.807, 2.05) is 6.07 Å². The lowest BCUT2D eigenvalue weighted by Gasteiger charge is -2.12. The van der Waals surface area contributed by atoms with Gasteiger partial charge in [-0.1, -0.05) is 37.1 Å². The minimum absolute atomic E-state index is 0.451. The SMILES string of the molecule is [2H]C1(c2ccc(-c3c(C)c4ccccc4c4c3oc3ncccc34)[n+](C)c2)CCCC1. The quantitative estimate of drug-likeness (QED) is 0.316. The first-order valence-electron chi connectivity index (χ1n) is 11.3. The number of aryl methyl sites for hydroxylation is 2. The van der Waals surface area contributed by atoms with Crippen molar-refractivity contribution in [2.24, 2.45) is 7.05 Å². The monoisotopic (exact) mass is 394 g/mol. The summed E-state index contributed by atoms with van der Waals surface area (Å²) in [6.07, 6.45) is 8.11. The van der Waals surface area contributed by atoms with E-state index in [2.05, 4.69) is 72.2 Å². The number of fused-ring (bicyclic) bond motifs is 5. The number of benzene rings is 2. The topological polar surface area (TPSA) is 29.9 Å². The summed E-state index contributed by atoms with van der Waals surface area (Å²) in [6.45, 7) is 2.18. The molecule has 0 N–H and O–H groups in total. The summed E-state index contributed by atoms with van der Waals surface area (Å²) in [5, 5.41) is 4.59. The van der Waals surface area contributed by atoms with Crippen LogP contribution < -0.4 is 4.57 Å². The van der Waals surface area contributed by atoms with E-state index in [0.29, 0.717) is 5.71 Å². The third-order valence-electron chi connectivity index (χ3n) is 6.67. The zero-order valence-corrected chi connectivity index (χ0v) is 17.4. The molecule has 2 aromatic carbocycles. The van der Waals surface area contributed by atoms with Gasteiger partial charge in [0.15, 0.2) is 11.8 Å². The Morgan fingerprint density at radius 1 is 1.00 bits per heavy atom. The van der Waals surface area contributed by atoms with Gasteiger partial charge in [0, 0.05) is 30.0 Å². The molecule has 0 aliphatic heterocycles. The van der Waals surface area contributed by atoms with Crippen LogP contribution in [0, 0.1) is 6.92 Å². The van der Waals surface area contributed by atoms with Gasteiger partial charge in [-0.25, -0.2) is 9.55 Å². The molecule has 6 rings (SSSR count). The molecule has 1 aliphatic carbocycles. The lowest BCUT2D eigenvalue weighted by molar-refractivity contribution is -0.660. The molecule has 0 atom stereocenters. The van der Waals surface area contributed by atoms with Gasteiger partial charge in [-0.3, -0.25) is 0 Å². The Bertz CT molecular complexity index is 1480. The number of rotatable bonds is 2. The summed E-state index contributed by atoms with van der Waals surface area (Å²) >= 11 is 0. The highest BCUT2D eigenvalue weighted by Crippen LogP contribution is 2.42. The average Bonchev–Trinajstić information content (AvgIpc) is 3.39. The van der Waals surface area contributed by atoms with Crippen LogP contribution in [0.1, 0.15) is 44.1 Å². The highest BCUT2D eigenvalue weighted by molar-refractivity contribution is 6.22. The summed E-state index contributed by atoms with van der Waals surface area (Å²) < 4.78 is 17.4. The average molecular weight is 395 g/mol. The summed E-state index contributed by atoms with van der Waals surface area (Å²) in [6, 6.07) is 16.9. The Hall–Kier alpha value is -3.20. The van der Waals surface area contributed by atoms with Gasteiger partial charge in [-0.2, -0.15) is 0 Å². The van der Waals surface area contributed by atoms with E-state index in [9.17, 15) is 0 Å². The first kappa shape index (κ1) is 16.6. The Morgan fingerprint density at radius 3 is 2.57 bits per heavy atom. The number of hydrogen-bond donors (Lipinski definition) is 0. The number of furan rings is 1. The largest absolute Gasteiger partial charge is 0.437 e. The molecule has 30 heavy (non-hydrogen) atoms. The molecule has 3 heteroatoms. The molecular weight excluding hydrogens is 368 g/mol. The van der Waals surface area contributed by atoms with Gasteiger partial charge in [0.05, 0.1) is 5.56 Å². The van der Waals surface area contributed by atoms with Crippen molar-refractivity contribution in [1.29, 1.82) is 0 Å². The maximum atomic E-state index is 8.91. The second-order valence-corrected chi connectivity index (χ2v) is 8.43. The number of pyridine rings is 2. The first-order valence-corrected chi connectivity index (χ1v) is 10.8. The fourth-order valence-electron chi connectivity index (χ4n) is 5.18. The van der Waals surface area contributed by atoms with Crippen LogP contribution in [0.5, 0.6) is 0 Å². The second-order valence-electron chi connectivity index (χ2n) is 8.43. The van der Waals surface area contributed by atoms with E-state index in [1.165, 1.54) is 16.3 Å². The summed E-state index contributed by atoms with van der Waals surface area (Å²) in [7, 11) is 2.08. The van der Waals surface area contributed by atoms with Gasteiger partial charge in [0.2, 0.25) is 11.4 Å². The van der Waals surface area contributed by atoms with Crippen molar-refractivity contribution in [3.05, 3.63) is 72.1 Å². The molecule has 3 heterocycles. The Morgan fingerprint density at radius 2 is 1.77 bits per heavy atom. The highest BCUT2D eigenvalue weighted by atomic mass is 16.3. The smallest absolute Gasteiger partial charge is 0.227 e. The lowest BCUT2D eigenvalue weighted by Crippen LogP contribution is -2.31. The number of hydrogen-bond acceptors (Lipinski definition) is 2. The molecule has 3 nitrogen and oxygen atoms in total. The molecule has 0 saturated heterocycles. The fourth-order valence-corrected chi connectivity index (χ4v) is 5.18. The Kier molecular flexibility index (Phi) is 3.68. The van der Waals surface area contributed by atoms with E-state index >= 15 is 0 Å². The minimum atomic E-state index is -0.451. The fraction of sp³-hybridized carbons (Fsp3) is 0.259. The van der Waals surface area contributed by atoms with Crippen molar-refractivity contribution >= 4 is 32.8 Å². The van der Waals surface area contributed by atoms with Crippen LogP contribution in [0.4, 0.5) is 0 Å². The van der Waals surface area contributed by atoms with E-state index < -0.39 is 5.89 Å². The van der Waals surface area contributed by atoms with E-state index in [1.54, 1.807) is 6.20 Å². The molecule has 148 valence electrons. The number of nitrogens with zero attached hydrogens (tertiary/aromatic N) is 2. The van der Waals surface area contributed by atoms with Gasteiger partial charge in [-0.05, 0) is 60.2 Å². The molecule has 1 fully saturated rings. The molecule has 3 aromatic heterocycles. The van der Waals surface area contributed by atoms with Crippen LogP contribution in [-0.2, 0) is 7.05 Å². The standard InChI is InChI=1S/C27H25N2O/c1-17-20-10-5-6-11-21(20)25-22-12-7-15-28-27(22)30-26(25)24(17)23-14-13-19(16-29(23)2)18-8-3-4-9-18/h5-7,10-16,18H,3-4,8-9H2,1-2H3/q+1/i18D. The van der Waals surface area contributed by atoms with Crippen molar-refractivity contribution in [3.8, 4) is 11.3 Å². The highest BCUT2D eigenvalue weighted by Gasteiger charge is 2.26. The molecule has 0 amide bonds. The van der Waals surface area contributed by atoms with Crippen molar-refractivity contribution in [1.82, 2.24) is 4.98 Å². The Balaban J connectivity index is 1.68. The molecule has 1 aliphatic rings. The van der Waals surface area contributed by atoms with Crippen LogP contribution in [0.2, 0.25) is 0 Å². The maximum Gasteiger partial charge on any atom is 0.227 e. The van der Waals surface area contributed by atoms with Gasteiger partial charge in [-0.15, -0.1) is 0 Å². The maximum absolute atomic E-state index is 8.91. The van der Waals surface area contributed by atoms with Crippen LogP contribution in [0.25, 0.3) is 44.1 Å². The molecule has 1 saturated carbocycles. The molecular formula is C27H25N2O+. The molecule has 0 spiro atoms. The minimum Gasteiger partial charge on any atom is -0.437 e. The van der Waals surface area contributed by atoms with Crippen LogP contribution in [0.15, 0.2) is 65.3 Å². The van der Waals surface area contributed by atoms with Crippen molar-refractivity contribution in [2.45, 2.75) is 38.5 Å². The summed E-state index contributed by atoms with van der Waals surface area (Å²) in [5.41, 5.74) is 6.06. The van der Waals surface area contributed by atoms with Crippen molar-refractivity contribution in [3.63, 3.8) is 0 Å². The summed E-state index contributed by atoms with van der Waals surface area (Å²) in [5.74, 6) is -0.451. The molecule has 5 aromatic rings. The number of aromatic nitrogens is 2. The zero-order valence-electron chi connectivity index (χ0n) is 18.4. The van der Waals surface area contributed by atoms with Crippen LogP contribution in [-0.4, -0.2) is 4.98 Å². The predicted molar refractivity (Wildman–Crippen MR) is 122 cm³/mol. The van der Waals surface area contributed by atoms with Crippen molar-refractivity contribution in [2.75, 3.05) is 0 Å². The Labute approximate surface area is 177 Å². The third kappa shape index (κ3) is 2.51. The predicted octanol–water partition coefficient (Wildman–Crippen LogP) is 6.59. The second kappa shape index (κ2) is 6.66. The van der Waals surface area contributed by atoms with Crippen LogP contribution in [0.3, 0.4) is 0 Å². The van der Waals surface area contributed by atoms with Crippen molar-refractivity contribution < 1.29 is 10.4 Å². The third-order valence-corrected chi connectivity index (χ3v) is 6.67. The van der Waals surface area contributed by atoms with E-state index in [0.717, 1.165) is 58.9 Å². The van der Waals surface area contributed by atoms with Gasteiger partial charge in [0.25, 0.3) is 0 Å². The lowest BCUT2D eigenvalue weighted by atomic mass is 9.92. The van der Waals surface area contributed by atoms with Gasteiger partial charge < -0.3 is 4.42 Å². The van der Waals surface area contributed by atoms with Crippen LogP contribution >= 0.6 is 0 Å². The molecule has 0 bridgehead atoms. The van der Waals surface area contributed by atoms with Gasteiger partial charge in [0.1, 0.15) is 7.05 Å². The van der Waals surface area contributed by atoms with E-state index in [-0.39, 0.29) is 0 Å². The zero-order chi connectivity index (χ0) is 21.2. The molecule has 0 unspecified atom stereocenters. The normalized spacial score (nSPS) is 16.5. The van der Waals surface area contributed by atoms with Gasteiger partial charge >= 0.3 is 0 Å².